The molecule has 1 saturated carbocycles. The van der Waals surface area contributed by atoms with Gasteiger partial charge in [-0.15, -0.1) is 6.42 Å². The van der Waals surface area contributed by atoms with Crippen LogP contribution in [0, 0.1) is 18.3 Å². The predicted octanol–water partition coefficient (Wildman–Crippen LogP) is 1.63. The number of fused-ring (bicyclic) bond motifs is 1. The Balaban J connectivity index is 2.18. The van der Waals surface area contributed by atoms with Crippen molar-refractivity contribution in [1.29, 1.82) is 0 Å². The number of piperidine rings is 1. The van der Waals surface area contributed by atoms with Crippen LogP contribution in [0.5, 0.6) is 0 Å². The van der Waals surface area contributed by atoms with Crippen LogP contribution in [0.4, 0.5) is 0 Å². The first-order valence-electron chi connectivity index (χ1n) is 5.99. The minimum Gasteiger partial charge on any atom is -0.393 e. The molecule has 0 amide bonds. The summed E-state index contributed by atoms with van der Waals surface area (Å²) in [6.45, 7) is 5.17. The molecule has 0 bridgehead atoms. The molecule has 0 radical (unpaired) electrons. The number of hydrogen-bond donors (Lipinski definition) is 1. The van der Waals surface area contributed by atoms with E-state index in [2.05, 4.69) is 24.7 Å². The lowest BCUT2D eigenvalue weighted by Crippen LogP contribution is -2.56. The lowest BCUT2D eigenvalue weighted by Gasteiger charge is -2.46. The second kappa shape index (κ2) is 3.81. The molecule has 1 aliphatic carbocycles. The highest BCUT2D eigenvalue weighted by molar-refractivity contribution is 5.12. The van der Waals surface area contributed by atoms with E-state index in [1.807, 2.05) is 0 Å². The highest BCUT2D eigenvalue weighted by atomic mass is 16.3. The van der Waals surface area contributed by atoms with E-state index in [1.165, 1.54) is 19.3 Å². The summed E-state index contributed by atoms with van der Waals surface area (Å²) in [7, 11) is 0. The quantitative estimate of drug-likeness (QED) is 0.661. The van der Waals surface area contributed by atoms with Crippen LogP contribution in [0.25, 0.3) is 0 Å². The Morgan fingerprint density at radius 2 is 2.07 bits per heavy atom. The van der Waals surface area contributed by atoms with Crippen LogP contribution in [0.15, 0.2) is 0 Å². The van der Waals surface area contributed by atoms with Crippen molar-refractivity contribution in [2.75, 3.05) is 6.54 Å². The van der Waals surface area contributed by atoms with Crippen LogP contribution >= 0.6 is 0 Å². The Morgan fingerprint density at radius 1 is 1.33 bits per heavy atom. The van der Waals surface area contributed by atoms with Gasteiger partial charge in [0.15, 0.2) is 0 Å². The summed E-state index contributed by atoms with van der Waals surface area (Å²) < 4.78 is 0. The maximum absolute atomic E-state index is 9.96. The highest BCUT2D eigenvalue weighted by Crippen LogP contribution is 2.39. The Kier molecular flexibility index (Phi) is 2.79. The lowest BCUT2D eigenvalue weighted by atomic mass is 9.85. The number of aliphatic hydroxyl groups excluding tert-OH is 1. The van der Waals surface area contributed by atoms with Gasteiger partial charge in [-0.25, -0.2) is 0 Å². The molecule has 15 heavy (non-hydrogen) atoms. The van der Waals surface area contributed by atoms with E-state index in [-0.39, 0.29) is 11.6 Å². The van der Waals surface area contributed by atoms with Gasteiger partial charge in [-0.05, 0) is 33.1 Å². The van der Waals surface area contributed by atoms with E-state index in [4.69, 9.17) is 6.42 Å². The summed E-state index contributed by atoms with van der Waals surface area (Å²) in [4.78, 5) is 2.43. The molecule has 0 spiro atoms. The van der Waals surface area contributed by atoms with Gasteiger partial charge >= 0.3 is 0 Å². The minimum absolute atomic E-state index is 0.0951. The van der Waals surface area contributed by atoms with E-state index in [0.29, 0.717) is 12.0 Å². The number of hydrogen-bond acceptors (Lipinski definition) is 2. The van der Waals surface area contributed by atoms with E-state index in [9.17, 15) is 5.11 Å². The van der Waals surface area contributed by atoms with Gasteiger partial charge < -0.3 is 5.11 Å². The Bertz CT molecular complexity index is 279. The smallest absolute Gasteiger partial charge is 0.0768 e. The van der Waals surface area contributed by atoms with Crippen molar-refractivity contribution in [2.24, 2.45) is 5.92 Å². The summed E-state index contributed by atoms with van der Waals surface area (Å²) in [6, 6.07) is 0.514. The second-order valence-electron chi connectivity index (χ2n) is 5.41. The molecule has 0 aromatic rings. The summed E-state index contributed by atoms with van der Waals surface area (Å²) in [5.41, 5.74) is -0.159. The molecule has 1 saturated heterocycles. The largest absolute Gasteiger partial charge is 0.393 e. The topological polar surface area (TPSA) is 23.5 Å². The first-order chi connectivity index (χ1) is 7.06. The van der Waals surface area contributed by atoms with E-state index in [0.717, 1.165) is 13.0 Å². The van der Waals surface area contributed by atoms with Crippen molar-refractivity contribution < 1.29 is 5.11 Å². The van der Waals surface area contributed by atoms with Gasteiger partial charge in [0.2, 0.25) is 0 Å². The molecule has 3 atom stereocenters. The van der Waals surface area contributed by atoms with Crippen molar-refractivity contribution >= 4 is 0 Å². The summed E-state index contributed by atoms with van der Waals surface area (Å²) in [5, 5.41) is 9.96. The summed E-state index contributed by atoms with van der Waals surface area (Å²) in [5.74, 6) is 3.35. The van der Waals surface area contributed by atoms with Crippen molar-refractivity contribution in [3.63, 3.8) is 0 Å². The second-order valence-corrected chi connectivity index (χ2v) is 5.41. The number of rotatable bonds is 1. The molecule has 1 N–H and O–H groups in total. The standard InChI is InChI=1S/C13H21NO/c1-4-13(2,3)14-9-8-12(15)10-6-5-7-11(10)14/h1,10-12,15H,5-9H2,2-3H3/t10-,11+,12+/m1/s1. The van der Waals surface area contributed by atoms with Crippen molar-refractivity contribution in [3.8, 4) is 12.3 Å². The molecule has 2 fully saturated rings. The number of likely N-dealkylation sites (tertiary alicyclic amines) is 1. The SMILES string of the molecule is C#CC(C)(C)N1CC[C@H](O)[C@@H]2CCC[C@@H]21. The average molecular weight is 207 g/mol. The summed E-state index contributed by atoms with van der Waals surface area (Å²) in [6.07, 6.45) is 10.00. The zero-order chi connectivity index (χ0) is 11.1. The van der Waals surface area contributed by atoms with Crippen LogP contribution in [0.1, 0.15) is 39.5 Å². The van der Waals surface area contributed by atoms with Crippen molar-refractivity contribution in [3.05, 3.63) is 0 Å². The van der Waals surface area contributed by atoms with Gasteiger partial charge in [0, 0.05) is 18.5 Å². The third kappa shape index (κ3) is 1.79. The van der Waals surface area contributed by atoms with Crippen LogP contribution in [-0.4, -0.2) is 34.2 Å². The fourth-order valence-electron chi connectivity index (χ4n) is 3.23. The maximum Gasteiger partial charge on any atom is 0.0768 e. The van der Waals surface area contributed by atoms with Crippen molar-refractivity contribution in [1.82, 2.24) is 4.90 Å². The Hall–Kier alpha value is -0.520. The highest BCUT2D eigenvalue weighted by Gasteiger charge is 2.44. The fourth-order valence-corrected chi connectivity index (χ4v) is 3.23. The minimum atomic E-state index is -0.159. The van der Waals surface area contributed by atoms with Gasteiger partial charge in [-0.3, -0.25) is 4.90 Å². The zero-order valence-electron chi connectivity index (χ0n) is 9.74. The van der Waals surface area contributed by atoms with Crippen LogP contribution in [-0.2, 0) is 0 Å². The molecular formula is C13H21NO. The number of aliphatic hydroxyl groups is 1. The molecule has 2 aliphatic rings. The molecule has 2 heteroatoms. The molecule has 2 rings (SSSR count). The molecule has 0 aromatic carbocycles. The maximum atomic E-state index is 9.96. The Morgan fingerprint density at radius 3 is 2.73 bits per heavy atom. The zero-order valence-corrected chi connectivity index (χ0v) is 9.74. The lowest BCUT2D eigenvalue weighted by molar-refractivity contribution is -0.0300. The third-order valence-electron chi connectivity index (χ3n) is 4.16. The first-order valence-corrected chi connectivity index (χ1v) is 5.99. The first kappa shape index (κ1) is 11.0. The Labute approximate surface area is 92.7 Å². The van der Waals surface area contributed by atoms with Gasteiger partial charge in [-0.2, -0.15) is 0 Å². The van der Waals surface area contributed by atoms with Gasteiger partial charge in [-0.1, -0.05) is 12.3 Å². The van der Waals surface area contributed by atoms with E-state index in [1.54, 1.807) is 0 Å². The normalized spacial score (nSPS) is 37.3. The molecule has 84 valence electrons. The fraction of sp³-hybridized carbons (Fsp3) is 0.846. The number of terminal acetylenes is 1. The van der Waals surface area contributed by atoms with E-state index >= 15 is 0 Å². The van der Waals surface area contributed by atoms with Gasteiger partial charge in [0.05, 0.1) is 11.6 Å². The van der Waals surface area contributed by atoms with Crippen molar-refractivity contribution in [2.45, 2.75) is 57.2 Å². The summed E-state index contributed by atoms with van der Waals surface area (Å²) >= 11 is 0. The monoisotopic (exact) mass is 207 g/mol. The molecule has 2 nitrogen and oxygen atoms in total. The predicted molar refractivity (Wildman–Crippen MR) is 61.4 cm³/mol. The number of nitrogens with zero attached hydrogens (tertiary/aromatic N) is 1. The molecular weight excluding hydrogens is 186 g/mol. The molecule has 1 heterocycles. The van der Waals surface area contributed by atoms with Crippen LogP contribution < -0.4 is 0 Å². The molecule has 0 unspecified atom stereocenters. The molecule has 0 aromatic heterocycles. The average Bonchev–Trinajstić information content (AvgIpc) is 2.67. The van der Waals surface area contributed by atoms with Crippen LogP contribution in [0.2, 0.25) is 0 Å². The molecule has 1 aliphatic heterocycles. The van der Waals surface area contributed by atoms with Crippen LogP contribution in [0.3, 0.4) is 0 Å². The van der Waals surface area contributed by atoms with Gasteiger partial charge in [0.1, 0.15) is 0 Å². The van der Waals surface area contributed by atoms with E-state index < -0.39 is 0 Å². The third-order valence-corrected chi connectivity index (χ3v) is 4.16. The van der Waals surface area contributed by atoms with Gasteiger partial charge in [0.25, 0.3) is 0 Å².